The lowest BCUT2D eigenvalue weighted by atomic mass is 10.0. The zero-order valence-electron chi connectivity index (χ0n) is 16.6. The monoisotopic (exact) mass is 378 g/mol. The Balaban J connectivity index is 1.58. The molecule has 3 rings (SSSR count). The molecule has 1 aromatic heterocycles. The molecule has 0 atom stereocenters. The number of fused-ring (bicyclic) bond motifs is 1. The van der Waals surface area contributed by atoms with Gasteiger partial charge in [0.05, 0.1) is 12.6 Å². The summed E-state index contributed by atoms with van der Waals surface area (Å²) in [6.07, 6.45) is 1.40. The Hall–Kier alpha value is -3.08. The Kier molecular flexibility index (Phi) is 6.14. The number of methoxy groups -OCH3 is 1. The van der Waals surface area contributed by atoms with Crippen LogP contribution in [0.3, 0.4) is 0 Å². The van der Waals surface area contributed by atoms with E-state index in [1.54, 1.807) is 7.11 Å². The normalized spacial score (nSPS) is 10.8. The number of hydrogen-bond acceptors (Lipinski definition) is 3. The molecule has 2 N–H and O–H groups in total. The number of aromatic nitrogens is 1. The fourth-order valence-corrected chi connectivity index (χ4v) is 3.34. The van der Waals surface area contributed by atoms with Crippen molar-refractivity contribution in [2.45, 2.75) is 33.1 Å². The fourth-order valence-electron chi connectivity index (χ4n) is 3.34. The standard InChI is InChI=1S/C23H26N2O3/c1-15-8-9-18-14-19(23(27)25-22(18)16(15)2)10-11-21(26)24-13-12-17-6-4-5-7-20(17)28-3/h4-9,14H,10-13H2,1-3H3,(H,24,26)(H,25,27). The Morgan fingerprint density at radius 3 is 2.64 bits per heavy atom. The summed E-state index contributed by atoms with van der Waals surface area (Å²) < 4.78 is 5.32. The molecule has 2 aromatic carbocycles. The number of H-pyrrole nitrogens is 1. The van der Waals surface area contributed by atoms with Gasteiger partial charge < -0.3 is 15.0 Å². The number of hydrogen-bond donors (Lipinski definition) is 2. The summed E-state index contributed by atoms with van der Waals surface area (Å²) in [5.74, 6) is 0.763. The van der Waals surface area contributed by atoms with Crippen molar-refractivity contribution in [3.05, 3.63) is 75.1 Å². The van der Waals surface area contributed by atoms with E-state index in [1.807, 2.05) is 56.3 Å². The minimum Gasteiger partial charge on any atom is -0.496 e. The van der Waals surface area contributed by atoms with Crippen molar-refractivity contribution in [1.29, 1.82) is 0 Å². The molecule has 0 aliphatic heterocycles. The lowest BCUT2D eigenvalue weighted by Crippen LogP contribution is -2.26. The molecule has 0 fully saturated rings. The van der Waals surface area contributed by atoms with E-state index in [1.165, 1.54) is 0 Å². The highest BCUT2D eigenvalue weighted by molar-refractivity contribution is 5.83. The maximum absolute atomic E-state index is 12.4. The van der Waals surface area contributed by atoms with Crippen LogP contribution in [0, 0.1) is 13.8 Å². The molecule has 146 valence electrons. The molecule has 1 heterocycles. The van der Waals surface area contributed by atoms with E-state index >= 15 is 0 Å². The second-order valence-corrected chi connectivity index (χ2v) is 7.01. The maximum atomic E-state index is 12.4. The second kappa shape index (κ2) is 8.74. The van der Waals surface area contributed by atoms with Crippen LogP contribution >= 0.6 is 0 Å². The molecule has 0 bridgehead atoms. The molecule has 3 aromatic rings. The van der Waals surface area contributed by atoms with Gasteiger partial charge in [0.2, 0.25) is 5.91 Å². The molecule has 5 nitrogen and oxygen atoms in total. The van der Waals surface area contributed by atoms with Crippen LogP contribution < -0.4 is 15.6 Å². The third-order valence-corrected chi connectivity index (χ3v) is 5.16. The van der Waals surface area contributed by atoms with Crippen LogP contribution in [0.1, 0.15) is 28.7 Å². The van der Waals surface area contributed by atoms with Crippen LogP contribution in [-0.4, -0.2) is 24.5 Å². The SMILES string of the molecule is COc1ccccc1CCNC(=O)CCc1cc2ccc(C)c(C)c2[nH]c1=O. The van der Waals surface area contributed by atoms with Gasteiger partial charge >= 0.3 is 0 Å². The van der Waals surface area contributed by atoms with Crippen molar-refractivity contribution in [2.75, 3.05) is 13.7 Å². The van der Waals surface area contributed by atoms with E-state index in [4.69, 9.17) is 4.74 Å². The predicted molar refractivity (Wildman–Crippen MR) is 112 cm³/mol. The number of aryl methyl sites for hydroxylation is 3. The molecule has 0 spiro atoms. The molecule has 0 unspecified atom stereocenters. The van der Waals surface area contributed by atoms with Gasteiger partial charge in [-0.25, -0.2) is 0 Å². The summed E-state index contributed by atoms with van der Waals surface area (Å²) in [5.41, 5.74) is 4.66. The van der Waals surface area contributed by atoms with E-state index in [-0.39, 0.29) is 17.9 Å². The van der Waals surface area contributed by atoms with Crippen molar-refractivity contribution >= 4 is 16.8 Å². The smallest absolute Gasteiger partial charge is 0.251 e. The molecule has 5 heteroatoms. The van der Waals surface area contributed by atoms with Gasteiger partial charge in [-0.05, 0) is 60.9 Å². The van der Waals surface area contributed by atoms with Gasteiger partial charge in [-0.3, -0.25) is 9.59 Å². The Morgan fingerprint density at radius 2 is 1.86 bits per heavy atom. The average molecular weight is 378 g/mol. The highest BCUT2D eigenvalue weighted by Crippen LogP contribution is 2.19. The van der Waals surface area contributed by atoms with Crippen LogP contribution in [0.25, 0.3) is 10.9 Å². The van der Waals surface area contributed by atoms with Crippen LogP contribution in [0.4, 0.5) is 0 Å². The van der Waals surface area contributed by atoms with Crippen molar-refractivity contribution in [3.8, 4) is 5.75 Å². The van der Waals surface area contributed by atoms with Gasteiger partial charge in [0.15, 0.2) is 0 Å². The quantitative estimate of drug-likeness (QED) is 0.662. The third-order valence-electron chi connectivity index (χ3n) is 5.16. The molecule has 0 radical (unpaired) electrons. The van der Waals surface area contributed by atoms with E-state index in [0.717, 1.165) is 33.3 Å². The molecular formula is C23H26N2O3. The largest absolute Gasteiger partial charge is 0.496 e. The first kappa shape index (κ1) is 19.7. The summed E-state index contributed by atoms with van der Waals surface area (Å²) in [5, 5.41) is 3.91. The van der Waals surface area contributed by atoms with E-state index in [9.17, 15) is 9.59 Å². The highest BCUT2D eigenvalue weighted by Gasteiger charge is 2.09. The number of carbonyl (C=O) groups excluding carboxylic acids is 1. The minimum atomic E-state index is -0.122. The summed E-state index contributed by atoms with van der Waals surface area (Å²) >= 11 is 0. The number of ether oxygens (including phenoxy) is 1. The molecule has 1 amide bonds. The van der Waals surface area contributed by atoms with E-state index < -0.39 is 0 Å². The van der Waals surface area contributed by atoms with E-state index in [2.05, 4.69) is 10.3 Å². The number of para-hydroxylation sites is 1. The minimum absolute atomic E-state index is 0.0607. The summed E-state index contributed by atoms with van der Waals surface area (Å²) in [6, 6.07) is 13.7. The third kappa shape index (κ3) is 4.42. The maximum Gasteiger partial charge on any atom is 0.251 e. The zero-order valence-corrected chi connectivity index (χ0v) is 16.6. The topological polar surface area (TPSA) is 71.2 Å². The Labute approximate surface area is 164 Å². The van der Waals surface area contributed by atoms with Gasteiger partial charge in [0.25, 0.3) is 5.56 Å². The molecule has 0 aliphatic carbocycles. The molecule has 0 saturated heterocycles. The Bertz CT molecular complexity index is 1050. The Morgan fingerprint density at radius 1 is 1.07 bits per heavy atom. The fraction of sp³-hybridized carbons (Fsp3) is 0.304. The first-order valence-electron chi connectivity index (χ1n) is 9.50. The predicted octanol–water partition coefficient (Wildman–Crippen LogP) is 3.45. The lowest BCUT2D eigenvalue weighted by molar-refractivity contribution is -0.121. The second-order valence-electron chi connectivity index (χ2n) is 7.01. The first-order valence-corrected chi connectivity index (χ1v) is 9.50. The molecule has 0 saturated carbocycles. The molecular weight excluding hydrogens is 352 g/mol. The van der Waals surface area contributed by atoms with Crippen LogP contribution in [0.2, 0.25) is 0 Å². The molecule has 0 aliphatic rings. The number of carbonyl (C=O) groups is 1. The van der Waals surface area contributed by atoms with Crippen LogP contribution in [0.5, 0.6) is 5.75 Å². The van der Waals surface area contributed by atoms with Crippen molar-refractivity contribution < 1.29 is 9.53 Å². The van der Waals surface area contributed by atoms with Crippen molar-refractivity contribution in [2.24, 2.45) is 0 Å². The van der Waals surface area contributed by atoms with Crippen molar-refractivity contribution in [3.63, 3.8) is 0 Å². The molecule has 28 heavy (non-hydrogen) atoms. The van der Waals surface area contributed by atoms with Gasteiger partial charge in [-0.1, -0.05) is 30.3 Å². The number of rotatable bonds is 7. The summed E-state index contributed by atoms with van der Waals surface area (Å²) in [6.45, 7) is 4.56. The summed E-state index contributed by atoms with van der Waals surface area (Å²) in [4.78, 5) is 27.5. The van der Waals surface area contributed by atoms with Crippen molar-refractivity contribution in [1.82, 2.24) is 10.3 Å². The van der Waals surface area contributed by atoms with Gasteiger partial charge in [0, 0.05) is 18.5 Å². The number of benzene rings is 2. The average Bonchev–Trinajstić information content (AvgIpc) is 2.70. The van der Waals surface area contributed by atoms with Crippen LogP contribution in [0.15, 0.2) is 47.3 Å². The van der Waals surface area contributed by atoms with E-state index in [0.29, 0.717) is 24.9 Å². The van der Waals surface area contributed by atoms with Gasteiger partial charge in [-0.2, -0.15) is 0 Å². The first-order chi connectivity index (χ1) is 13.5. The number of nitrogens with one attached hydrogen (secondary N) is 2. The van der Waals surface area contributed by atoms with Gasteiger partial charge in [-0.15, -0.1) is 0 Å². The van der Waals surface area contributed by atoms with Gasteiger partial charge in [0.1, 0.15) is 5.75 Å². The lowest BCUT2D eigenvalue weighted by Gasteiger charge is -2.10. The highest BCUT2D eigenvalue weighted by atomic mass is 16.5. The zero-order chi connectivity index (χ0) is 20.1. The summed E-state index contributed by atoms with van der Waals surface area (Å²) in [7, 11) is 1.64. The number of amides is 1. The van der Waals surface area contributed by atoms with Crippen LogP contribution in [-0.2, 0) is 17.6 Å². The number of aromatic amines is 1. The number of pyridine rings is 1.